The molecule has 1 N–H and O–H groups in total. The van der Waals surface area contributed by atoms with Crippen molar-refractivity contribution in [2.75, 3.05) is 5.43 Å². The van der Waals surface area contributed by atoms with Gasteiger partial charge in [0.05, 0.1) is 18.1 Å². The van der Waals surface area contributed by atoms with Gasteiger partial charge in [-0.05, 0) is 18.2 Å². The summed E-state index contributed by atoms with van der Waals surface area (Å²) in [4.78, 5) is 17.4. The summed E-state index contributed by atoms with van der Waals surface area (Å²) in [6.45, 7) is 1.78. The quantitative estimate of drug-likeness (QED) is 0.684. The molecule has 3 heterocycles. The first kappa shape index (κ1) is 10.4. The smallest absolute Gasteiger partial charge is 0.267 e. The van der Waals surface area contributed by atoms with Crippen molar-refractivity contribution in [2.24, 2.45) is 0 Å². The number of hydrogen-bond donors (Lipinski definition) is 1. The van der Waals surface area contributed by atoms with Gasteiger partial charge >= 0.3 is 0 Å². The molecule has 0 aliphatic heterocycles. The van der Waals surface area contributed by atoms with E-state index in [1.54, 1.807) is 31.6 Å². The molecule has 0 spiro atoms. The fourth-order valence-electron chi connectivity index (χ4n) is 1.55. The zero-order valence-corrected chi connectivity index (χ0v) is 9.48. The zero-order valence-electron chi connectivity index (χ0n) is 9.48. The summed E-state index contributed by atoms with van der Waals surface area (Å²) in [6.07, 6.45) is 6.39. The van der Waals surface area contributed by atoms with Crippen LogP contribution in [-0.4, -0.2) is 35.6 Å². The minimum atomic E-state index is -0.339. The third kappa shape index (κ3) is 1.69. The Morgan fingerprint density at radius 1 is 1.44 bits per heavy atom. The second kappa shape index (κ2) is 3.91. The molecule has 3 aromatic heterocycles. The van der Waals surface area contributed by atoms with Crippen LogP contribution in [0.5, 0.6) is 0 Å². The lowest BCUT2D eigenvalue weighted by Crippen LogP contribution is -2.23. The summed E-state index contributed by atoms with van der Waals surface area (Å²) >= 11 is 0. The van der Waals surface area contributed by atoms with Crippen LogP contribution in [0.25, 0.3) is 5.65 Å². The molecular weight excluding hydrogens is 234 g/mol. The summed E-state index contributed by atoms with van der Waals surface area (Å²) < 4.78 is 1.53. The van der Waals surface area contributed by atoms with Crippen molar-refractivity contribution < 1.29 is 4.79 Å². The lowest BCUT2D eigenvalue weighted by atomic mass is 10.3. The number of aromatic nitrogens is 6. The Morgan fingerprint density at radius 3 is 3.11 bits per heavy atom. The van der Waals surface area contributed by atoms with Crippen LogP contribution in [0.15, 0.2) is 30.9 Å². The van der Waals surface area contributed by atoms with Crippen molar-refractivity contribution in [1.82, 2.24) is 29.7 Å². The Morgan fingerprint density at radius 2 is 2.33 bits per heavy atom. The number of carbonyl (C=O) groups is 1. The first-order chi connectivity index (χ1) is 8.74. The molecule has 0 bridgehead atoms. The summed E-state index contributed by atoms with van der Waals surface area (Å²) in [5, 5.41) is 11.5. The first-order valence-electron chi connectivity index (χ1n) is 5.23. The molecule has 90 valence electrons. The van der Waals surface area contributed by atoms with Crippen LogP contribution in [0.2, 0.25) is 0 Å². The molecule has 0 aliphatic rings. The summed E-state index contributed by atoms with van der Waals surface area (Å²) in [7, 11) is 0. The molecule has 1 amide bonds. The first-order valence-corrected chi connectivity index (χ1v) is 5.23. The predicted molar refractivity (Wildman–Crippen MR) is 61.4 cm³/mol. The lowest BCUT2D eigenvalue weighted by molar-refractivity contribution is 0.101. The van der Waals surface area contributed by atoms with Gasteiger partial charge in [0.25, 0.3) is 5.91 Å². The van der Waals surface area contributed by atoms with Gasteiger partial charge in [0, 0.05) is 12.4 Å². The molecule has 18 heavy (non-hydrogen) atoms. The highest BCUT2D eigenvalue weighted by molar-refractivity contribution is 6.04. The van der Waals surface area contributed by atoms with Crippen LogP contribution >= 0.6 is 0 Å². The van der Waals surface area contributed by atoms with Gasteiger partial charge in [-0.15, -0.1) is 5.10 Å². The largest absolute Gasteiger partial charge is 0.276 e. The molecule has 3 aromatic rings. The number of hydrogen-bond acceptors (Lipinski definition) is 5. The molecule has 0 aromatic carbocycles. The lowest BCUT2D eigenvalue weighted by Gasteiger charge is -2.01. The van der Waals surface area contributed by atoms with Crippen LogP contribution in [-0.2, 0) is 0 Å². The molecule has 3 rings (SSSR count). The standard InChI is InChI=1S/C10H9N7O/c1-7-6-17(15-13-7)14-10(18)8-5-12-16-4-2-3-11-9(8)16/h2-6H,1H3,(H,14,18). The predicted octanol–water partition coefficient (Wildman–Crippen LogP) is 0.0131. The van der Waals surface area contributed by atoms with Crippen molar-refractivity contribution in [3.8, 4) is 0 Å². The molecule has 8 nitrogen and oxygen atoms in total. The van der Waals surface area contributed by atoms with Crippen LogP contribution in [0.4, 0.5) is 0 Å². The van der Waals surface area contributed by atoms with Gasteiger partial charge in [-0.25, -0.2) is 14.9 Å². The molecule has 0 atom stereocenters. The molecule has 0 radical (unpaired) electrons. The highest BCUT2D eigenvalue weighted by Gasteiger charge is 2.14. The van der Waals surface area contributed by atoms with Crippen molar-refractivity contribution in [2.45, 2.75) is 6.92 Å². The molecule has 0 fully saturated rings. The third-order valence-electron chi connectivity index (χ3n) is 2.35. The van der Waals surface area contributed by atoms with E-state index in [0.29, 0.717) is 16.9 Å². The maximum Gasteiger partial charge on any atom is 0.276 e. The van der Waals surface area contributed by atoms with Crippen LogP contribution in [0.1, 0.15) is 16.1 Å². The molecule has 8 heteroatoms. The van der Waals surface area contributed by atoms with Crippen molar-refractivity contribution in [3.05, 3.63) is 42.1 Å². The number of carbonyl (C=O) groups excluding carboxylic acids is 1. The summed E-state index contributed by atoms with van der Waals surface area (Å²) in [5.41, 5.74) is 4.15. The second-order valence-corrected chi connectivity index (χ2v) is 3.69. The van der Waals surface area contributed by atoms with E-state index in [-0.39, 0.29) is 5.91 Å². The SMILES string of the molecule is Cc1cn(NC(=O)c2cnn3cccnc23)nn1. The molecule has 0 saturated carbocycles. The second-order valence-electron chi connectivity index (χ2n) is 3.69. The minimum Gasteiger partial charge on any atom is -0.267 e. The maximum absolute atomic E-state index is 12.0. The summed E-state index contributed by atoms with van der Waals surface area (Å²) in [5.74, 6) is -0.339. The van der Waals surface area contributed by atoms with E-state index in [1.807, 2.05) is 0 Å². The monoisotopic (exact) mass is 243 g/mol. The third-order valence-corrected chi connectivity index (χ3v) is 2.35. The van der Waals surface area contributed by atoms with Crippen LogP contribution in [0, 0.1) is 6.92 Å². The number of amides is 1. The molecule has 0 aliphatic carbocycles. The Hall–Kier alpha value is -2.77. The van der Waals surface area contributed by atoms with E-state index in [4.69, 9.17) is 0 Å². The van der Waals surface area contributed by atoms with Gasteiger partial charge in [-0.3, -0.25) is 4.79 Å². The normalized spacial score (nSPS) is 10.7. The number of aryl methyl sites for hydroxylation is 1. The number of rotatable bonds is 2. The van der Waals surface area contributed by atoms with Gasteiger partial charge < -0.3 is 0 Å². The van der Waals surface area contributed by atoms with Gasteiger partial charge in [0.1, 0.15) is 5.56 Å². The van der Waals surface area contributed by atoms with E-state index >= 15 is 0 Å². The summed E-state index contributed by atoms with van der Waals surface area (Å²) in [6, 6.07) is 1.74. The van der Waals surface area contributed by atoms with E-state index in [1.165, 1.54) is 15.5 Å². The van der Waals surface area contributed by atoms with E-state index in [0.717, 1.165) is 0 Å². The van der Waals surface area contributed by atoms with Crippen molar-refractivity contribution in [3.63, 3.8) is 0 Å². The van der Waals surface area contributed by atoms with E-state index in [2.05, 4.69) is 25.8 Å². The minimum absolute atomic E-state index is 0.339. The molecule has 0 unspecified atom stereocenters. The van der Waals surface area contributed by atoms with Gasteiger partial charge in [0.2, 0.25) is 0 Å². The fraction of sp³-hybridized carbons (Fsp3) is 0.100. The average molecular weight is 243 g/mol. The molecular formula is C10H9N7O. The van der Waals surface area contributed by atoms with E-state index < -0.39 is 0 Å². The Kier molecular flexibility index (Phi) is 2.26. The highest BCUT2D eigenvalue weighted by atomic mass is 16.2. The van der Waals surface area contributed by atoms with Gasteiger partial charge in [-0.1, -0.05) is 0 Å². The van der Waals surface area contributed by atoms with Gasteiger partial charge in [0.15, 0.2) is 5.65 Å². The number of nitrogens with zero attached hydrogens (tertiary/aromatic N) is 6. The van der Waals surface area contributed by atoms with Crippen molar-refractivity contribution in [1.29, 1.82) is 0 Å². The van der Waals surface area contributed by atoms with Crippen LogP contribution < -0.4 is 5.43 Å². The Labute approximate surface area is 101 Å². The Bertz CT molecular complexity index is 714. The topological polar surface area (TPSA) is 90.0 Å². The zero-order chi connectivity index (χ0) is 12.5. The highest BCUT2D eigenvalue weighted by Crippen LogP contribution is 2.06. The Balaban J connectivity index is 1.92. The van der Waals surface area contributed by atoms with E-state index in [9.17, 15) is 4.79 Å². The fourth-order valence-corrected chi connectivity index (χ4v) is 1.55. The number of fused-ring (bicyclic) bond motifs is 1. The van der Waals surface area contributed by atoms with Gasteiger partial charge in [-0.2, -0.15) is 9.89 Å². The maximum atomic E-state index is 12.0. The van der Waals surface area contributed by atoms with Crippen molar-refractivity contribution >= 4 is 11.6 Å². The average Bonchev–Trinajstić information content (AvgIpc) is 2.95. The van der Waals surface area contributed by atoms with Crippen LogP contribution in [0.3, 0.4) is 0 Å². The molecule has 0 saturated heterocycles. The number of nitrogens with one attached hydrogen (secondary N) is 1.